The number of carbonyl (C=O) groups excluding carboxylic acids is 1. The van der Waals surface area contributed by atoms with Crippen molar-refractivity contribution in [3.63, 3.8) is 0 Å². The van der Waals surface area contributed by atoms with E-state index in [1.54, 1.807) is 0 Å². The number of rotatable bonds is 4. The zero-order valence-electron chi connectivity index (χ0n) is 7.64. The maximum atomic E-state index is 11.1. The van der Waals surface area contributed by atoms with Crippen LogP contribution in [0.25, 0.3) is 0 Å². The van der Waals surface area contributed by atoms with E-state index in [4.69, 9.17) is 0 Å². The van der Waals surface area contributed by atoms with Gasteiger partial charge in [0.15, 0.2) is 5.82 Å². The standard InChI is InChI=1S/C9H11N3O2/c1-2-7(13)11-8(6-3-4-6)9-10-5-14-12-9/h2,5-6,8H,1,3-4H2,(H,11,13). The van der Waals surface area contributed by atoms with E-state index in [9.17, 15) is 4.79 Å². The third-order valence-electron chi connectivity index (χ3n) is 2.23. The van der Waals surface area contributed by atoms with Crippen LogP contribution in [0.2, 0.25) is 0 Å². The minimum Gasteiger partial charge on any atom is -0.343 e. The molecular weight excluding hydrogens is 182 g/mol. The Balaban J connectivity index is 2.08. The van der Waals surface area contributed by atoms with Gasteiger partial charge >= 0.3 is 0 Å². The Morgan fingerprint density at radius 2 is 2.57 bits per heavy atom. The Morgan fingerprint density at radius 1 is 1.79 bits per heavy atom. The lowest BCUT2D eigenvalue weighted by molar-refractivity contribution is -0.117. The van der Waals surface area contributed by atoms with Crippen LogP contribution in [0.3, 0.4) is 0 Å². The molecule has 0 saturated heterocycles. The van der Waals surface area contributed by atoms with Gasteiger partial charge in [-0.15, -0.1) is 0 Å². The number of nitrogens with zero attached hydrogens (tertiary/aromatic N) is 2. The highest BCUT2D eigenvalue weighted by molar-refractivity contribution is 5.87. The first-order valence-corrected chi connectivity index (χ1v) is 4.50. The summed E-state index contributed by atoms with van der Waals surface area (Å²) < 4.78 is 4.65. The molecule has 0 radical (unpaired) electrons. The lowest BCUT2D eigenvalue weighted by Crippen LogP contribution is -2.28. The van der Waals surface area contributed by atoms with Crippen LogP contribution in [0, 0.1) is 5.92 Å². The highest BCUT2D eigenvalue weighted by Gasteiger charge is 2.35. The summed E-state index contributed by atoms with van der Waals surface area (Å²) in [5.74, 6) is 0.783. The molecule has 0 spiro atoms. The van der Waals surface area contributed by atoms with Crippen LogP contribution in [0.1, 0.15) is 24.7 Å². The van der Waals surface area contributed by atoms with Gasteiger partial charge in [-0.1, -0.05) is 11.7 Å². The molecule has 1 aliphatic carbocycles. The SMILES string of the molecule is C=CC(=O)NC(c1ncon1)C1CC1. The molecule has 1 saturated carbocycles. The minimum absolute atomic E-state index is 0.126. The molecule has 0 bridgehead atoms. The molecule has 1 aromatic rings. The Labute approximate surface area is 81.2 Å². The van der Waals surface area contributed by atoms with Crippen LogP contribution in [0.15, 0.2) is 23.6 Å². The molecule has 1 heterocycles. The smallest absolute Gasteiger partial charge is 0.243 e. The highest BCUT2D eigenvalue weighted by atomic mass is 16.5. The monoisotopic (exact) mass is 193 g/mol. The number of amides is 1. The van der Waals surface area contributed by atoms with Crippen LogP contribution >= 0.6 is 0 Å². The average Bonchev–Trinajstić information content (AvgIpc) is 2.89. The van der Waals surface area contributed by atoms with Crippen molar-refractivity contribution in [2.24, 2.45) is 5.92 Å². The molecular formula is C9H11N3O2. The van der Waals surface area contributed by atoms with Crippen LogP contribution in [0.5, 0.6) is 0 Å². The zero-order valence-corrected chi connectivity index (χ0v) is 7.64. The van der Waals surface area contributed by atoms with Crippen LogP contribution in [0.4, 0.5) is 0 Å². The quantitative estimate of drug-likeness (QED) is 0.719. The molecule has 5 heteroatoms. The average molecular weight is 193 g/mol. The van der Waals surface area contributed by atoms with Crippen LogP contribution in [-0.2, 0) is 4.79 Å². The van der Waals surface area contributed by atoms with Gasteiger partial charge in [0.2, 0.25) is 12.3 Å². The molecule has 2 rings (SSSR count). The van der Waals surface area contributed by atoms with Gasteiger partial charge in [0.05, 0.1) is 6.04 Å². The maximum absolute atomic E-state index is 11.1. The van der Waals surface area contributed by atoms with Gasteiger partial charge in [0.1, 0.15) is 0 Å². The van der Waals surface area contributed by atoms with Crippen molar-refractivity contribution < 1.29 is 9.32 Å². The Hall–Kier alpha value is -1.65. The Morgan fingerprint density at radius 3 is 3.07 bits per heavy atom. The molecule has 0 aliphatic heterocycles. The third kappa shape index (κ3) is 1.81. The van der Waals surface area contributed by atoms with Gasteiger partial charge in [-0.25, -0.2) is 0 Å². The van der Waals surface area contributed by atoms with E-state index < -0.39 is 0 Å². The summed E-state index contributed by atoms with van der Waals surface area (Å²) in [5, 5.41) is 6.52. The van der Waals surface area contributed by atoms with Gasteiger partial charge in [-0.3, -0.25) is 4.79 Å². The van der Waals surface area contributed by atoms with Crippen molar-refractivity contribution in [3.8, 4) is 0 Å². The first kappa shape index (κ1) is 8.93. The largest absolute Gasteiger partial charge is 0.343 e. The van der Waals surface area contributed by atoms with Crippen molar-refractivity contribution in [1.82, 2.24) is 15.5 Å². The van der Waals surface area contributed by atoms with Crippen molar-refractivity contribution in [1.29, 1.82) is 0 Å². The fourth-order valence-electron chi connectivity index (χ4n) is 1.35. The summed E-state index contributed by atoms with van der Waals surface area (Å²) in [5.41, 5.74) is 0. The lowest BCUT2D eigenvalue weighted by Gasteiger charge is -2.12. The number of carbonyl (C=O) groups is 1. The second-order valence-corrected chi connectivity index (χ2v) is 3.32. The fraction of sp³-hybridized carbons (Fsp3) is 0.444. The summed E-state index contributed by atoms with van der Waals surface area (Å²) in [7, 11) is 0. The molecule has 0 aromatic carbocycles. The molecule has 1 atom stereocenters. The lowest BCUT2D eigenvalue weighted by atomic mass is 10.1. The van der Waals surface area contributed by atoms with Crippen molar-refractivity contribution in [2.75, 3.05) is 0 Å². The van der Waals surface area contributed by atoms with Gasteiger partial charge in [-0.05, 0) is 24.8 Å². The second kappa shape index (κ2) is 3.61. The fourth-order valence-corrected chi connectivity index (χ4v) is 1.35. The molecule has 1 unspecified atom stereocenters. The van der Waals surface area contributed by atoms with Crippen LogP contribution in [-0.4, -0.2) is 16.0 Å². The van der Waals surface area contributed by atoms with E-state index in [0.29, 0.717) is 11.7 Å². The highest BCUT2D eigenvalue weighted by Crippen LogP contribution is 2.39. The van der Waals surface area contributed by atoms with Crippen molar-refractivity contribution >= 4 is 5.91 Å². The van der Waals surface area contributed by atoms with Crippen LogP contribution < -0.4 is 5.32 Å². The van der Waals surface area contributed by atoms with E-state index in [-0.39, 0.29) is 11.9 Å². The molecule has 1 aromatic heterocycles. The summed E-state index contributed by atoms with van der Waals surface area (Å²) in [6.45, 7) is 3.40. The normalized spacial score (nSPS) is 17.4. The molecule has 1 aliphatic rings. The summed E-state index contributed by atoms with van der Waals surface area (Å²) in [4.78, 5) is 15.1. The number of aromatic nitrogens is 2. The Bertz CT molecular complexity index is 330. The van der Waals surface area contributed by atoms with Gasteiger partial charge in [0.25, 0.3) is 0 Å². The molecule has 5 nitrogen and oxygen atoms in total. The maximum Gasteiger partial charge on any atom is 0.243 e. The Kier molecular flexibility index (Phi) is 2.30. The first-order chi connectivity index (χ1) is 6.81. The molecule has 14 heavy (non-hydrogen) atoms. The summed E-state index contributed by atoms with van der Waals surface area (Å²) in [6.07, 6.45) is 4.70. The zero-order chi connectivity index (χ0) is 9.97. The van der Waals surface area contributed by atoms with Gasteiger partial charge in [-0.2, -0.15) is 4.98 Å². The van der Waals surface area contributed by atoms with E-state index in [1.807, 2.05) is 0 Å². The summed E-state index contributed by atoms with van der Waals surface area (Å²) >= 11 is 0. The van der Waals surface area contributed by atoms with Crippen molar-refractivity contribution in [3.05, 3.63) is 24.9 Å². The number of hydrogen-bond donors (Lipinski definition) is 1. The molecule has 1 fully saturated rings. The van der Waals surface area contributed by atoms with Gasteiger partial charge in [0, 0.05) is 0 Å². The van der Waals surface area contributed by atoms with E-state index >= 15 is 0 Å². The van der Waals surface area contributed by atoms with E-state index in [2.05, 4.69) is 26.6 Å². The molecule has 1 amide bonds. The number of nitrogens with one attached hydrogen (secondary N) is 1. The second-order valence-electron chi connectivity index (χ2n) is 3.32. The summed E-state index contributed by atoms with van der Waals surface area (Å²) in [6, 6.07) is -0.126. The van der Waals surface area contributed by atoms with Crippen molar-refractivity contribution in [2.45, 2.75) is 18.9 Å². The molecule has 74 valence electrons. The first-order valence-electron chi connectivity index (χ1n) is 4.50. The predicted octanol–water partition coefficient (Wildman–Crippen LogP) is 0.823. The topological polar surface area (TPSA) is 68.0 Å². The molecule has 1 N–H and O–H groups in total. The van der Waals surface area contributed by atoms with E-state index in [1.165, 1.54) is 12.5 Å². The minimum atomic E-state index is -0.202. The predicted molar refractivity (Wildman–Crippen MR) is 48.1 cm³/mol. The van der Waals surface area contributed by atoms with Gasteiger partial charge < -0.3 is 9.84 Å². The third-order valence-corrected chi connectivity index (χ3v) is 2.23. The number of hydrogen-bond acceptors (Lipinski definition) is 4. The van der Waals surface area contributed by atoms with E-state index in [0.717, 1.165) is 12.8 Å².